The van der Waals surface area contributed by atoms with Crippen LogP contribution in [0.2, 0.25) is 0 Å². The zero-order chi connectivity index (χ0) is 12.3. The van der Waals surface area contributed by atoms with Crippen LogP contribution in [0.4, 0.5) is 0 Å². The summed E-state index contributed by atoms with van der Waals surface area (Å²) in [5.74, 6) is -0.298. The summed E-state index contributed by atoms with van der Waals surface area (Å²) < 4.78 is 5.06. The molecule has 1 aromatic rings. The van der Waals surface area contributed by atoms with Crippen LogP contribution in [0.3, 0.4) is 0 Å². The molecule has 17 heavy (non-hydrogen) atoms. The second kappa shape index (κ2) is 8.11. The van der Waals surface area contributed by atoms with Gasteiger partial charge in [-0.05, 0) is 25.1 Å². The van der Waals surface area contributed by atoms with Gasteiger partial charge < -0.3 is 4.74 Å². The summed E-state index contributed by atoms with van der Waals surface area (Å²) in [5.41, 5.74) is 0.574. The molecule has 88 valence electrons. The average molecular weight is 228 g/mol. The molecule has 1 rings (SSSR count). The van der Waals surface area contributed by atoms with Gasteiger partial charge in [-0.15, -0.1) is 0 Å². The van der Waals surface area contributed by atoms with Crippen molar-refractivity contribution in [1.82, 2.24) is 0 Å². The van der Waals surface area contributed by atoms with E-state index in [1.807, 2.05) is 55.5 Å². The molecule has 0 fully saturated rings. The molecule has 0 unspecified atom stereocenters. The first kappa shape index (κ1) is 13.0. The summed E-state index contributed by atoms with van der Waals surface area (Å²) in [5, 5.41) is 0. The molecule has 2 heteroatoms. The Morgan fingerprint density at radius 1 is 1.12 bits per heavy atom. The highest BCUT2D eigenvalue weighted by molar-refractivity contribution is 5.89. The highest BCUT2D eigenvalue weighted by atomic mass is 16.5. The van der Waals surface area contributed by atoms with Gasteiger partial charge in [0.05, 0.1) is 5.56 Å². The molecule has 0 amide bonds. The number of rotatable bonds is 5. The SMILES string of the molecule is C/C=C/C=C/C=C/COC(=O)c1ccccc1. The first-order valence-corrected chi connectivity index (χ1v) is 5.51. The molecule has 0 aliphatic heterocycles. The lowest BCUT2D eigenvalue weighted by Gasteiger charge is -2.00. The van der Waals surface area contributed by atoms with Crippen molar-refractivity contribution in [2.75, 3.05) is 6.61 Å². The highest BCUT2D eigenvalue weighted by Crippen LogP contribution is 2.00. The fraction of sp³-hybridized carbons (Fsp3) is 0.133. The van der Waals surface area contributed by atoms with E-state index in [1.54, 1.807) is 18.2 Å². The van der Waals surface area contributed by atoms with Crippen LogP contribution in [0.15, 0.2) is 66.8 Å². The zero-order valence-electron chi connectivity index (χ0n) is 9.87. The third-order valence-electron chi connectivity index (χ3n) is 1.98. The number of ether oxygens (including phenoxy) is 1. The maximum atomic E-state index is 11.5. The summed E-state index contributed by atoms with van der Waals surface area (Å²) in [6.45, 7) is 2.24. The second-order valence-electron chi connectivity index (χ2n) is 3.30. The van der Waals surface area contributed by atoms with Crippen LogP contribution >= 0.6 is 0 Å². The number of esters is 1. The first-order chi connectivity index (χ1) is 8.34. The van der Waals surface area contributed by atoms with Crippen molar-refractivity contribution < 1.29 is 9.53 Å². The summed E-state index contributed by atoms with van der Waals surface area (Å²) in [6.07, 6.45) is 11.3. The predicted octanol–water partition coefficient (Wildman–Crippen LogP) is 3.53. The Balaban J connectivity index is 2.30. The minimum Gasteiger partial charge on any atom is -0.458 e. The Morgan fingerprint density at radius 3 is 2.53 bits per heavy atom. The molecule has 0 aromatic heterocycles. The van der Waals surface area contributed by atoms with Crippen molar-refractivity contribution in [1.29, 1.82) is 0 Å². The molecule has 0 N–H and O–H groups in total. The molecular formula is C15H16O2. The van der Waals surface area contributed by atoms with Crippen LogP contribution < -0.4 is 0 Å². The second-order valence-corrected chi connectivity index (χ2v) is 3.30. The molecule has 0 spiro atoms. The zero-order valence-corrected chi connectivity index (χ0v) is 9.87. The van der Waals surface area contributed by atoms with Crippen molar-refractivity contribution in [2.45, 2.75) is 6.92 Å². The molecule has 0 aliphatic rings. The Kier molecular flexibility index (Phi) is 6.19. The van der Waals surface area contributed by atoms with E-state index < -0.39 is 0 Å². The van der Waals surface area contributed by atoms with E-state index in [0.717, 1.165) is 0 Å². The molecule has 0 radical (unpaired) electrons. The summed E-state index contributed by atoms with van der Waals surface area (Å²) in [6, 6.07) is 8.96. The number of allylic oxidation sites excluding steroid dienone is 5. The Morgan fingerprint density at radius 2 is 1.82 bits per heavy atom. The third-order valence-corrected chi connectivity index (χ3v) is 1.98. The quantitative estimate of drug-likeness (QED) is 0.569. The van der Waals surface area contributed by atoms with E-state index in [1.165, 1.54) is 0 Å². The van der Waals surface area contributed by atoms with Gasteiger partial charge in [0.1, 0.15) is 6.61 Å². The van der Waals surface area contributed by atoms with Gasteiger partial charge in [0.2, 0.25) is 0 Å². The molecule has 0 heterocycles. The van der Waals surface area contributed by atoms with Gasteiger partial charge in [-0.25, -0.2) is 4.79 Å². The highest BCUT2D eigenvalue weighted by Gasteiger charge is 2.03. The molecule has 0 atom stereocenters. The minimum absolute atomic E-state index is 0.286. The van der Waals surface area contributed by atoms with Crippen LogP contribution in [0.25, 0.3) is 0 Å². The number of carbonyl (C=O) groups excluding carboxylic acids is 1. The van der Waals surface area contributed by atoms with Gasteiger partial charge in [-0.2, -0.15) is 0 Å². The maximum absolute atomic E-state index is 11.5. The Labute approximate surface area is 102 Å². The van der Waals surface area contributed by atoms with Crippen LogP contribution in [0, 0.1) is 0 Å². The average Bonchev–Trinajstić information content (AvgIpc) is 2.38. The third kappa shape index (κ3) is 5.52. The van der Waals surface area contributed by atoms with Gasteiger partial charge in [0, 0.05) is 0 Å². The van der Waals surface area contributed by atoms with E-state index in [0.29, 0.717) is 5.56 Å². The van der Waals surface area contributed by atoms with E-state index >= 15 is 0 Å². The van der Waals surface area contributed by atoms with Gasteiger partial charge in [-0.3, -0.25) is 0 Å². The lowest BCUT2D eigenvalue weighted by atomic mass is 10.2. The molecule has 0 aliphatic carbocycles. The first-order valence-electron chi connectivity index (χ1n) is 5.51. The summed E-state index contributed by atoms with van der Waals surface area (Å²) >= 11 is 0. The Hall–Kier alpha value is -2.09. The molecular weight excluding hydrogens is 212 g/mol. The topological polar surface area (TPSA) is 26.3 Å². The van der Waals surface area contributed by atoms with Gasteiger partial charge >= 0.3 is 5.97 Å². The summed E-state index contributed by atoms with van der Waals surface area (Å²) in [4.78, 5) is 11.5. The minimum atomic E-state index is -0.298. The predicted molar refractivity (Wildman–Crippen MR) is 69.8 cm³/mol. The van der Waals surface area contributed by atoms with Crippen LogP contribution in [-0.2, 0) is 4.74 Å². The number of benzene rings is 1. The van der Waals surface area contributed by atoms with Crippen molar-refractivity contribution in [2.24, 2.45) is 0 Å². The standard InChI is InChI=1S/C15H16O2/c1-2-3-4-5-6-10-13-17-15(16)14-11-8-7-9-12-14/h2-12H,13H2,1H3/b3-2+,5-4+,10-6+. The van der Waals surface area contributed by atoms with Crippen molar-refractivity contribution >= 4 is 5.97 Å². The van der Waals surface area contributed by atoms with Crippen molar-refractivity contribution in [3.63, 3.8) is 0 Å². The molecule has 2 nitrogen and oxygen atoms in total. The lowest BCUT2D eigenvalue weighted by Crippen LogP contribution is -2.04. The fourth-order valence-electron chi connectivity index (χ4n) is 1.15. The van der Waals surface area contributed by atoms with Gasteiger partial charge in [-0.1, -0.05) is 48.6 Å². The smallest absolute Gasteiger partial charge is 0.338 e. The van der Waals surface area contributed by atoms with E-state index in [4.69, 9.17) is 4.74 Å². The van der Waals surface area contributed by atoms with Crippen molar-refractivity contribution in [3.8, 4) is 0 Å². The monoisotopic (exact) mass is 228 g/mol. The van der Waals surface area contributed by atoms with Gasteiger partial charge in [0.25, 0.3) is 0 Å². The molecule has 0 saturated carbocycles. The largest absolute Gasteiger partial charge is 0.458 e. The molecule has 0 bridgehead atoms. The lowest BCUT2D eigenvalue weighted by molar-refractivity contribution is 0.0549. The molecule has 1 aromatic carbocycles. The fourth-order valence-corrected chi connectivity index (χ4v) is 1.15. The van der Waals surface area contributed by atoms with E-state index in [-0.39, 0.29) is 12.6 Å². The maximum Gasteiger partial charge on any atom is 0.338 e. The van der Waals surface area contributed by atoms with Crippen LogP contribution in [0.5, 0.6) is 0 Å². The van der Waals surface area contributed by atoms with Gasteiger partial charge in [0.15, 0.2) is 0 Å². The van der Waals surface area contributed by atoms with E-state index in [2.05, 4.69) is 0 Å². The van der Waals surface area contributed by atoms with Crippen LogP contribution in [-0.4, -0.2) is 12.6 Å². The van der Waals surface area contributed by atoms with Crippen LogP contribution in [0.1, 0.15) is 17.3 Å². The number of carbonyl (C=O) groups is 1. The normalized spacial score (nSPS) is 11.6. The molecule has 0 saturated heterocycles. The number of hydrogen-bond donors (Lipinski definition) is 0. The summed E-state index contributed by atoms with van der Waals surface area (Å²) in [7, 11) is 0. The van der Waals surface area contributed by atoms with Crippen molar-refractivity contribution in [3.05, 3.63) is 72.4 Å². The number of hydrogen-bond acceptors (Lipinski definition) is 2. The van der Waals surface area contributed by atoms with E-state index in [9.17, 15) is 4.79 Å². The Bertz CT molecular complexity index is 414.